The maximum Gasteiger partial charge on any atom is 0.437 e. The Kier molecular flexibility index (Phi) is 8.87. The lowest BCUT2D eigenvalue weighted by Crippen LogP contribution is -2.35. The summed E-state index contributed by atoms with van der Waals surface area (Å²) >= 11 is 0. The number of carboxylic acid groups (broad SMARTS) is 1. The molecule has 2 aromatic rings. The molecule has 2 heterocycles. The number of ether oxygens (including phenoxy) is 1. The Morgan fingerprint density at radius 2 is 1.89 bits per heavy atom. The maximum atomic E-state index is 15.0. The van der Waals surface area contributed by atoms with E-state index in [1.807, 2.05) is 4.90 Å². The minimum absolute atomic E-state index is 0.0486. The summed E-state index contributed by atoms with van der Waals surface area (Å²) in [7, 11) is 0. The first-order chi connectivity index (χ1) is 16.8. The van der Waals surface area contributed by atoms with Gasteiger partial charge in [0, 0.05) is 61.4 Å². The third kappa shape index (κ3) is 7.62. The van der Waals surface area contributed by atoms with Gasteiger partial charge in [-0.15, -0.1) is 4.99 Å². The molecule has 0 unspecified atom stereocenters. The van der Waals surface area contributed by atoms with Crippen molar-refractivity contribution in [3.8, 4) is 11.1 Å². The number of aliphatic imine (C=N–C) groups is 1. The van der Waals surface area contributed by atoms with E-state index in [2.05, 4.69) is 20.1 Å². The lowest BCUT2D eigenvalue weighted by atomic mass is 10.1. The Morgan fingerprint density at radius 3 is 2.54 bits per heavy atom. The van der Waals surface area contributed by atoms with Crippen LogP contribution in [-0.2, 0) is 21.0 Å². The largest absolute Gasteiger partial charge is 0.481 e. The third-order valence-corrected chi connectivity index (χ3v) is 5.04. The SMILES string of the molecule is NC(N)=NC(=O)OCc1cccc(-c2cnc(N3CCC(=NOCCCC(=O)O)CC3)nc2)c1F. The van der Waals surface area contributed by atoms with Gasteiger partial charge in [0.1, 0.15) is 19.0 Å². The number of rotatable bonds is 9. The lowest BCUT2D eigenvalue weighted by Gasteiger charge is -2.27. The van der Waals surface area contributed by atoms with Crippen molar-refractivity contribution in [3.05, 3.63) is 42.0 Å². The number of aliphatic carboxylic acids is 1. The molecule has 1 aliphatic heterocycles. The van der Waals surface area contributed by atoms with Gasteiger partial charge in [-0.1, -0.05) is 23.4 Å². The summed E-state index contributed by atoms with van der Waals surface area (Å²) in [4.78, 5) is 41.1. The monoisotopic (exact) mass is 487 g/mol. The zero-order chi connectivity index (χ0) is 25.2. The number of halogens is 1. The molecule has 1 saturated heterocycles. The minimum atomic E-state index is -1.01. The maximum absolute atomic E-state index is 15.0. The van der Waals surface area contributed by atoms with Gasteiger partial charge in [-0.25, -0.2) is 19.2 Å². The molecule has 1 aliphatic rings. The Bertz CT molecular complexity index is 1090. The summed E-state index contributed by atoms with van der Waals surface area (Å²) in [6, 6.07) is 4.69. The van der Waals surface area contributed by atoms with E-state index in [4.69, 9.17) is 26.1 Å². The van der Waals surface area contributed by atoms with Crippen molar-refractivity contribution in [2.75, 3.05) is 24.6 Å². The molecule has 5 N–H and O–H groups in total. The van der Waals surface area contributed by atoms with Crippen molar-refractivity contribution in [2.24, 2.45) is 21.6 Å². The van der Waals surface area contributed by atoms with Crippen LogP contribution in [-0.4, -0.2) is 58.5 Å². The van der Waals surface area contributed by atoms with E-state index in [1.165, 1.54) is 18.5 Å². The fourth-order valence-corrected chi connectivity index (χ4v) is 3.30. The molecule has 1 aromatic heterocycles. The number of hydrogen-bond acceptors (Lipinski definition) is 8. The van der Waals surface area contributed by atoms with Crippen molar-refractivity contribution < 1.29 is 28.7 Å². The number of nitrogens with zero attached hydrogens (tertiary/aromatic N) is 5. The lowest BCUT2D eigenvalue weighted by molar-refractivity contribution is -0.137. The van der Waals surface area contributed by atoms with E-state index in [0.717, 1.165) is 5.71 Å². The molecule has 186 valence electrons. The first-order valence-corrected chi connectivity index (χ1v) is 10.8. The zero-order valence-electron chi connectivity index (χ0n) is 18.9. The van der Waals surface area contributed by atoms with Crippen LogP contribution in [0, 0.1) is 5.82 Å². The van der Waals surface area contributed by atoms with Crippen LogP contribution in [0.25, 0.3) is 11.1 Å². The van der Waals surface area contributed by atoms with E-state index in [9.17, 15) is 14.0 Å². The Morgan fingerprint density at radius 1 is 1.17 bits per heavy atom. The first-order valence-electron chi connectivity index (χ1n) is 10.8. The Hall–Kier alpha value is -4.29. The fourth-order valence-electron chi connectivity index (χ4n) is 3.30. The number of benzene rings is 1. The molecule has 1 fully saturated rings. The van der Waals surface area contributed by atoms with Crippen LogP contribution in [0.5, 0.6) is 0 Å². The molecule has 35 heavy (non-hydrogen) atoms. The molecule has 12 nitrogen and oxygen atoms in total. The number of aromatic nitrogens is 2. The average molecular weight is 487 g/mol. The molecule has 1 amide bonds. The highest BCUT2D eigenvalue weighted by Crippen LogP contribution is 2.26. The summed E-state index contributed by atoms with van der Waals surface area (Å²) in [5.74, 6) is -1.36. The number of piperidine rings is 1. The van der Waals surface area contributed by atoms with Gasteiger partial charge < -0.3 is 31.0 Å². The van der Waals surface area contributed by atoms with Crippen molar-refractivity contribution in [1.82, 2.24) is 9.97 Å². The molecular weight excluding hydrogens is 461 g/mol. The van der Waals surface area contributed by atoms with Crippen LogP contribution in [0.4, 0.5) is 15.1 Å². The Balaban J connectivity index is 1.56. The predicted molar refractivity (Wildman–Crippen MR) is 125 cm³/mol. The number of hydrogen-bond donors (Lipinski definition) is 3. The standard InChI is InChI=1S/C22H26FN7O5/c23-19-14(13-34-22(33)28-20(24)25)3-1-4-17(19)15-11-26-21(27-12-15)30-8-6-16(7-9-30)29-35-10-2-5-18(31)32/h1,3-4,11-12H,2,5-10,13H2,(H,31,32)(H4,24,25,28,33). The van der Waals surface area contributed by atoms with E-state index < -0.39 is 23.8 Å². The fraction of sp³-hybridized carbons (Fsp3) is 0.364. The number of amides is 1. The van der Waals surface area contributed by atoms with Crippen molar-refractivity contribution >= 4 is 29.7 Å². The van der Waals surface area contributed by atoms with Crippen molar-refractivity contribution in [1.29, 1.82) is 0 Å². The summed E-state index contributed by atoms with van der Waals surface area (Å²) in [5.41, 5.74) is 12.0. The number of carboxylic acids is 1. The van der Waals surface area contributed by atoms with Crippen molar-refractivity contribution in [3.63, 3.8) is 0 Å². The Labute approximate surface area is 200 Å². The number of anilines is 1. The molecule has 3 rings (SSSR count). The highest BCUT2D eigenvalue weighted by Gasteiger charge is 2.19. The highest BCUT2D eigenvalue weighted by atomic mass is 19.1. The second-order valence-corrected chi connectivity index (χ2v) is 7.62. The molecule has 0 saturated carbocycles. The number of carbonyl (C=O) groups is 2. The average Bonchev–Trinajstić information content (AvgIpc) is 2.83. The van der Waals surface area contributed by atoms with Crippen LogP contribution in [0.3, 0.4) is 0 Å². The van der Waals surface area contributed by atoms with Crippen molar-refractivity contribution in [2.45, 2.75) is 32.3 Å². The number of oxime groups is 1. The molecular formula is C22H26FN7O5. The second kappa shape index (κ2) is 12.3. The molecule has 0 aliphatic carbocycles. The van der Waals surface area contributed by atoms with E-state index in [-0.39, 0.29) is 30.8 Å². The minimum Gasteiger partial charge on any atom is -0.481 e. The van der Waals surface area contributed by atoms with Gasteiger partial charge in [-0.3, -0.25) is 4.79 Å². The van der Waals surface area contributed by atoms with Gasteiger partial charge in [0.05, 0.1) is 5.71 Å². The molecule has 0 radical (unpaired) electrons. The van der Waals surface area contributed by atoms with Gasteiger partial charge in [0.15, 0.2) is 5.96 Å². The topological polar surface area (TPSA) is 179 Å². The van der Waals surface area contributed by atoms with E-state index >= 15 is 0 Å². The van der Waals surface area contributed by atoms with E-state index in [0.29, 0.717) is 43.9 Å². The van der Waals surface area contributed by atoms with Crippen LogP contribution < -0.4 is 16.4 Å². The molecule has 0 bridgehead atoms. The van der Waals surface area contributed by atoms with Gasteiger partial charge in [0.2, 0.25) is 5.95 Å². The smallest absolute Gasteiger partial charge is 0.437 e. The number of nitrogens with two attached hydrogens (primary N) is 2. The number of guanidine groups is 1. The van der Waals surface area contributed by atoms with Gasteiger partial charge in [-0.05, 0) is 6.42 Å². The molecule has 1 aromatic carbocycles. The highest BCUT2D eigenvalue weighted by molar-refractivity contribution is 5.88. The molecule has 0 atom stereocenters. The number of carbonyl (C=O) groups excluding carboxylic acids is 1. The van der Waals surface area contributed by atoms with Gasteiger partial charge in [0.25, 0.3) is 0 Å². The van der Waals surface area contributed by atoms with E-state index in [1.54, 1.807) is 12.1 Å². The third-order valence-electron chi connectivity index (χ3n) is 5.04. The summed E-state index contributed by atoms with van der Waals surface area (Å²) < 4.78 is 19.8. The van der Waals surface area contributed by atoms with Gasteiger partial charge >= 0.3 is 12.1 Å². The van der Waals surface area contributed by atoms with Gasteiger partial charge in [-0.2, -0.15) is 0 Å². The normalized spacial score (nSPS) is 13.2. The van der Waals surface area contributed by atoms with Crippen LogP contribution in [0.1, 0.15) is 31.2 Å². The first kappa shape index (κ1) is 25.3. The zero-order valence-corrected chi connectivity index (χ0v) is 18.9. The predicted octanol–water partition coefficient (Wildman–Crippen LogP) is 2.03. The van der Waals surface area contributed by atoms with Crippen LogP contribution >= 0.6 is 0 Å². The summed E-state index contributed by atoms with van der Waals surface area (Å²) in [6.07, 6.45) is 3.84. The molecule has 13 heteroatoms. The summed E-state index contributed by atoms with van der Waals surface area (Å²) in [6.45, 7) is 1.21. The second-order valence-electron chi connectivity index (χ2n) is 7.62. The van der Waals surface area contributed by atoms with Crippen LogP contribution in [0.2, 0.25) is 0 Å². The quantitative estimate of drug-likeness (QED) is 0.205. The van der Waals surface area contributed by atoms with Crippen LogP contribution in [0.15, 0.2) is 40.7 Å². The summed E-state index contributed by atoms with van der Waals surface area (Å²) in [5, 5.41) is 12.7. The molecule has 0 spiro atoms.